The lowest BCUT2D eigenvalue weighted by molar-refractivity contribution is -0.144. The van der Waals surface area contributed by atoms with E-state index >= 15 is 0 Å². The van der Waals surface area contributed by atoms with E-state index in [-0.39, 0.29) is 43.0 Å². The number of nitrogens with zero attached hydrogens (tertiary/aromatic N) is 2. The van der Waals surface area contributed by atoms with Crippen molar-refractivity contribution in [3.05, 3.63) is 70.5 Å². The number of carbonyl (C=O) groups excluding carboxylic acids is 2. The van der Waals surface area contributed by atoms with Crippen LogP contribution in [0.1, 0.15) is 47.4 Å². The second-order valence-electron chi connectivity index (χ2n) is 10.5. The van der Waals surface area contributed by atoms with Crippen molar-refractivity contribution in [3.8, 4) is 0 Å². The van der Waals surface area contributed by atoms with Gasteiger partial charge >= 0.3 is 12.4 Å². The Morgan fingerprint density at radius 1 is 0.925 bits per heavy atom. The Balaban J connectivity index is 1.57. The van der Waals surface area contributed by atoms with Gasteiger partial charge in [-0.2, -0.15) is 26.3 Å². The van der Waals surface area contributed by atoms with Gasteiger partial charge < -0.3 is 15.1 Å². The Labute approximate surface area is 227 Å². The topological polar surface area (TPSA) is 52.7 Å². The van der Waals surface area contributed by atoms with Gasteiger partial charge in [0.15, 0.2) is 0 Å². The number of benzene rings is 2. The highest BCUT2D eigenvalue weighted by atomic mass is 19.4. The molecular formula is C28H30F7N3O2. The number of nitrogens with one attached hydrogen (secondary N) is 1. The Hall–Kier alpha value is -3.15. The second-order valence-corrected chi connectivity index (χ2v) is 10.5. The molecule has 1 N–H and O–H groups in total. The van der Waals surface area contributed by atoms with E-state index in [1.165, 1.54) is 31.3 Å². The minimum absolute atomic E-state index is 0.0171. The third-order valence-corrected chi connectivity index (χ3v) is 7.67. The molecular weight excluding hydrogens is 543 g/mol. The lowest BCUT2D eigenvalue weighted by atomic mass is 9.79. The van der Waals surface area contributed by atoms with E-state index in [1.54, 1.807) is 4.90 Å². The zero-order valence-corrected chi connectivity index (χ0v) is 21.8. The van der Waals surface area contributed by atoms with Crippen LogP contribution in [0.25, 0.3) is 0 Å². The Bertz CT molecular complexity index is 1180. The summed E-state index contributed by atoms with van der Waals surface area (Å²) in [5.74, 6) is -2.35. The summed E-state index contributed by atoms with van der Waals surface area (Å²) >= 11 is 0. The largest absolute Gasteiger partial charge is 0.416 e. The molecule has 40 heavy (non-hydrogen) atoms. The summed E-state index contributed by atoms with van der Waals surface area (Å²) in [6, 6.07) is 6.81. The van der Waals surface area contributed by atoms with Gasteiger partial charge in [-0.15, -0.1) is 0 Å². The van der Waals surface area contributed by atoms with Crippen molar-refractivity contribution >= 4 is 11.8 Å². The number of likely N-dealkylation sites (tertiary alicyclic amines) is 1. The Morgan fingerprint density at radius 2 is 1.50 bits per heavy atom. The van der Waals surface area contributed by atoms with Crippen molar-refractivity contribution in [2.75, 3.05) is 33.2 Å². The Kier molecular flexibility index (Phi) is 8.77. The van der Waals surface area contributed by atoms with Gasteiger partial charge in [-0.1, -0.05) is 12.1 Å². The zero-order valence-electron chi connectivity index (χ0n) is 21.8. The van der Waals surface area contributed by atoms with Crippen LogP contribution < -0.4 is 5.32 Å². The second kappa shape index (κ2) is 11.8. The quantitative estimate of drug-likeness (QED) is 0.484. The van der Waals surface area contributed by atoms with Gasteiger partial charge in [0.2, 0.25) is 11.8 Å². The van der Waals surface area contributed by atoms with Gasteiger partial charge in [-0.25, -0.2) is 4.39 Å². The predicted molar refractivity (Wildman–Crippen MR) is 132 cm³/mol. The molecule has 0 aliphatic carbocycles. The van der Waals surface area contributed by atoms with Crippen LogP contribution in [0.4, 0.5) is 30.7 Å². The minimum atomic E-state index is -5.00. The summed E-state index contributed by atoms with van der Waals surface area (Å²) in [5, 5.41) is 3.21. The van der Waals surface area contributed by atoms with E-state index in [4.69, 9.17) is 0 Å². The summed E-state index contributed by atoms with van der Waals surface area (Å²) in [6.07, 6.45) is -8.37. The van der Waals surface area contributed by atoms with Crippen LogP contribution in [0.15, 0.2) is 42.5 Å². The molecule has 0 aromatic heterocycles. The molecule has 2 aromatic carbocycles. The fourth-order valence-corrected chi connectivity index (χ4v) is 5.57. The molecule has 2 fully saturated rings. The van der Waals surface area contributed by atoms with Crippen molar-refractivity contribution in [1.29, 1.82) is 0 Å². The molecule has 4 rings (SSSR count). The number of hydrogen-bond acceptors (Lipinski definition) is 3. The maximum absolute atomic E-state index is 13.7. The third-order valence-electron chi connectivity index (χ3n) is 7.67. The number of rotatable bonds is 5. The number of alkyl halides is 6. The van der Waals surface area contributed by atoms with E-state index in [2.05, 4.69) is 5.32 Å². The minimum Gasteiger partial charge on any atom is -0.342 e. The van der Waals surface area contributed by atoms with Crippen LogP contribution in [0, 0.1) is 17.7 Å². The van der Waals surface area contributed by atoms with Crippen LogP contribution >= 0.6 is 0 Å². The summed E-state index contributed by atoms with van der Waals surface area (Å²) in [5.41, 5.74) is -2.59. The Morgan fingerprint density at radius 3 is 2.05 bits per heavy atom. The van der Waals surface area contributed by atoms with E-state index < -0.39 is 53.6 Å². The number of carbonyl (C=O) groups is 2. The van der Waals surface area contributed by atoms with Gasteiger partial charge in [0.25, 0.3) is 0 Å². The molecule has 218 valence electrons. The summed E-state index contributed by atoms with van der Waals surface area (Å²) in [7, 11) is 1.32. The molecule has 2 saturated heterocycles. The van der Waals surface area contributed by atoms with Crippen molar-refractivity contribution in [3.63, 3.8) is 0 Å². The first-order valence-corrected chi connectivity index (χ1v) is 13.0. The lowest BCUT2D eigenvalue weighted by Crippen LogP contribution is -2.50. The monoisotopic (exact) mass is 573 g/mol. The molecule has 2 unspecified atom stereocenters. The lowest BCUT2D eigenvalue weighted by Gasteiger charge is -2.41. The van der Waals surface area contributed by atoms with Gasteiger partial charge in [0, 0.05) is 44.4 Å². The highest BCUT2D eigenvalue weighted by Gasteiger charge is 2.40. The first kappa shape index (κ1) is 29.8. The molecule has 0 radical (unpaired) electrons. The van der Waals surface area contributed by atoms with E-state index in [1.807, 2.05) is 0 Å². The van der Waals surface area contributed by atoms with Crippen LogP contribution in [0.5, 0.6) is 0 Å². The fourth-order valence-electron chi connectivity index (χ4n) is 5.57. The fraction of sp³-hybridized carbons (Fsp3) is 0.500. The normalized spacial score (nSPS) is 20.9. The number of halogens is 7. The molecule has 2 atom stereocenters. The van der Waals surface area contributed by atoms with Gasteiger partial charge in [-0.3, -0.25) is 9.59 Å². The van der Waals surface area contributed by atoms with Crippen LogP contribution in [0.2, 0.25) is 0 Å². The molecule has 2 heterocycles. The number of piperidine rings is 2. The van der Waals surface area contributed by atoms with Crippen LogP contribution in [-0.4, -0.2) is 54.8 Å². The van der Waals surface area contributed by atoms with Crippen molar-refractivity contribution in [2.24, 2.45) is 11.8 Å². The molecule has 2 amide bonds. The highest BCUT2D eigenvalue weighted by molar-refractivity contribution is 5.82. The molecule has 0 spiro atoms. The highest BCUT2D eigenvalue weighted by Crippen LogP contribution is 2.38. The van der Waals surface area contributed by atoms with Crippen molar-refractivity contribution < 1.29 is 40.3 Å². The average molecular weight is 574 g/mol. The van der Waals surface area contributed by atoms with E-state index in [0.717, 1.165) is 18.0 Å². The molecule has 2 aromatic rings. The average Bonchev–Trinajstić information content (AvgIpc) is 2.91. The summed E-state index contributed by atoms with van der Waals surface area (Å²) < 4.78 is 93.6. The van der Waals surface area contributed by atoms with Crippen LogP contribution in [0.3, 0.4) is 0 Å². The van der Waals surface area contributed by atoms with Crippen molar-refractivity contribution in [2.45, 2.75) is 44.1 Å². The zero-order chi connectivity index (χ0) is 29.2. The maximum atomic E-state index is 13.7. The number of amides is 2. The molecule has 0 saturated carbocycles. The first-order valence-electron chi connectivity index (χ1n) is 13.0. The maximum Gasteiger partial charge on any atom is 0.416 e. The van der Waals surface area contributed by atoms with Crippen LogP contribution in [-0.2, 0) is 28.5 Å². The van der Waals surface area contributed by atoms with E-state index in [0.29, 0.717) is 30.5 Å². The summed E-state index contributed by atoms with van der Waals surface area (Å²) in [6.45, 7) is 1.45. The smallest absolute Gasteiger partial charge is 0.342 e. The van der Waals surface area contributed by atoms with Gasteiger partial charge in [-0.05, 0) is 73.8 Å². The standard InChI is InChI=1S/C28H30F7N3O2/c1-37(15-17-12-20(27(30,31)32)14-21(13-17)28(33,34)35)26(40)23-8-11-38(25(39)19-6-9-36-10-7-19)16-24(23)18-2-4-22(29)5-3-18/h2-5,12-14,19,23-24,36H,6-11,15-16H2,1H3. The van der Waals surface area contributed by atoms with Gasteiger partial charge in [0.05, 0.1) is 11.1 Å². The molecule has 12 heteroatoms. The summed E-state index contributed by atoms with van der Waals surface area (Å²) in [4.78, 5) is 29.6. The molecule has 2 aliphatic heterocycles. The van der Waals surface area contributed by atoms with Gasteiger partial charge in [0.1, 0.15) is 5.82 Å². The predicted octanol–water partition coefficient (Wildman–Crippen LogP) is 5.45. The molecule has 5 nitrogen and oxygen atoms in total. The SMILES string of the molecule is CN(Cc1cc(C(F)(F)F)cc(C(F)(F)F)c1)C(=O)C1CCN(C(=O)C2CCNCC2)CC1c1ccc(F)cc1. The van der Waals surface area contributed by atoms with E-state index in [9.17, 15) is 40.3 Å². The van der Waals surface area contributed by atoms with Crippen molar-refractivity contribution in [1.82, 2.24) is 15.1 Å². The third kappa shape index (κ3) is 6.94. The molecule has 0 bridgehead atoms. The first-order chi connectivity index (χ1) is 18.7. The molecule has 2 aliphatic rings. The number of hydrogen-bond donors (Lipinski definition) is 1.